The van der Waals surface area contributed by atoms with E-state index in [2.05, 4.69) is 25.5 Å². The second-order valence-corrected chi connectivity index (χ2v) is 9.34. The van der Waals surface area contributed by atoms with E-state index >= 15 is 0 Å². The highest BCUT2D eigenvalue weighted by molar-refractivity contribution is 6.06. The Morgan fingerprint density at radius 2 is 2.03 bits per heavy atom. The first-order chi connectivity index (χ1) is 16.3. The molecule has 3 atom stereocenters. The quantitative estimate of drug-likeness (QED) is 0.555. The Bertz CT molecular complexity index is 1160. The van der Waals surface area contributed by atoms with Crippen LogP contribution in [0.4, 0.5) is 11.4 Å². The smallest absolute Gasteiger partial charge is 0.255 e. The summed E-state index contributed by atoms with van der Waals surface area (Å²) in [7, 11) is 0. The standard InChI is InChI=1S/C26H29N5O2/c32-26-22-23-18(13-28-26)5-4-11-31-12-9-17(15-31)16-33-21-14-27-10-8-20(21)24(30-23)25(22)29-19-6-2-1-3-7-19/h1-3,6-8,10,14,17-18,29-30H,4-5,9,11-13,15-16H2,(H,28,32)/t17-,18+/m1/s1. The molecule has 1 saturated heterocycles. The molecule has 1 unspecified atom stereocenters. The Morgan fingerprint density at radius 3 is 2.94 bits per heavy atom. The summed E-state index contributed by atoms with van der Waals surface area (Å²) in [6.45, 7) is 4.67. The van der Waals surface area contributed by atoms with E-state index in [-0.39, 0.29) is 11.8 Å². The number of benzene rings is 1. The zero-order chi connectivity index (χ0) is 22.2. The van der Waals surface area contributed by atoms with Crippen LogP contribution in [0.25, 0.3) is 11.3 Å². The Balaban J connectivity index is 1.50. The first-order valence-electron chi connectivity index (χ1n) is 11.9. The summed E-state index contributed by atoms with van der Waals surface area (Å²) in [4.78, 5) is 23.7. The van der Waals surface area contributed by atoms with Gasteiger partial charge in [-0.05, 0) is 50.6 Å². The zero-order valence-electron chi connectivity index (χ0n) is 18.6. The number of nitrogens with one attached hydrogen (secondary N) is 3. The number of rotatable bonds is 2. The lowest BCUT2D eigenvalue weighted by molar-refractivity contribution is 0.0939. The van der Waals surface area contributed by atoms with Gasteiger partial charge in [0.2, 0.25) is 0 Å². The summed E-state index contributed by atoms with van der Waals surface area (Å²) >= 11 is 0. The normalized spacial score (nSPS) is 24.2. The highest BCUT2D eigenvalue weighted by atomic mass is 16.5. The minimum absolute atomic E-state index is 0.0363. The molecule has 0 spiro atoms. The van der Waals surface area contributed by atoms with E-state index in [9.17, 15) is 4.79 Å². The predicted octanol–water partition coefficient (Wildman–Crippen LogP) is 4.14. The van der Waals surface area contributed by atoms with Gasteiger partial charge in [0.15, 0.2) is 0 Å². The Hall–Kier alpha value is -3.32. The molecule has 3 N–H and O–H groups in total. The first kappa shape index (κ1) is 20.3. The molecule has 7 heteroatoms. The summed E-state index contributed by atoms with van der Waals surface area (Å²) in [5.74, 6) is 1.51. The highest BCUT2D eigenvalue weighted by Gasteiger charge is 2.34. The third-order valence-electron chi connectivity index (χ3n) is 7.14. The number of amides is 1. The van der Waals surface area contributed by atoms with Crippen LogP contribution in [0.5, 0.6) is 5.75 Å². The Labute approximate surface area is 193 Å². The molecule has 33 heavy (non-hydrogen) atoms. The minimum atomic E-state index is -0.0363. The molecule has 7 nitrogen and oxygen atoms in total. The molecule has 1 aromatic carbocycles. The Morgan fingerprint density at radius 1 is 1.12 bits per heavy atom. The lowest BCUT2D eigenvalue weighted by atomic mass is 9.92. The molecule has 3 aliphatic rings. The van der Waals surface area contributed by atoms with Crippen LogP contribution in [0.3, 0.4) is 0 Å². The van der Waals surface area contributed by atoms with Crippen LogP contribution in [0.1, 0.15) is 41.2 Å². The average molecular weight is 444 g/mol. The number of para-hydroxylation sites is 1. The fourth-order valence-corrected chi connectivity index (χ4v) is 5.43. The molecule has 170 valence electrons. The average Bonchev–Trinajstić information content (AvgIpc) is 3.45. The van der Waals surface area contributed by atoms with Gasteiger partial charge in [0, 0.05) is 48.1 Å². The van der Waals surface area contributed by atoms with E-state index in [0.29, 0.717) is 24.6 Å². The highest BCUT2D eigenvalue weighted by Crippen LogP contribution is 2.43. The number of H-pyrrole nitrogens is 1. The molecule has 0 saturated carbocycles. The molecule has 3 aromatic rings. The number of hydrogen-bond donors (Lipinski definition) is 3. The number of anilines is 2. The lowest BCUT2D eigenvalue weighted by Gasteiger charge is -2.25. The first-order valence-corrected chi connectivity index (χ1v) is 11.9. The van der Waals surface area contributed by atoms with E-state index in [1.165, 1.54) is 6.42 Å². The van der Waals surface area contributed by atoms with Gasteiger partial charge in [0.25, 0.3) is 5.91 Å². The fraction of sp³-hybridized carbons (Fsp3) is 0.385. The maximum atomic E-state index is 13.1. The van der Waals surface area contributed by atoms with Crippen molar-refractivity contribution in [3.63, 3.8) is 0 Å². The van der Waals surface area contributed by atoms with Crippen molar-refractivity contribution >= 4 is 17.3 Å². The zero-order valence-corrected chi connectivity index (χ0v) is 18.6. The summed E-state index contributed by atoms with van der Waals surface area (Å²) < 4.78 is 6.34. The number of fused-ring (bicyclic) bond motifs is 5. The molecular weight excluding hydrogens is 414 g/mol. The third-order valence-corrected chi connectivity index (χ3v) is 7.14. The number of aromatic nitrogens is 2. The van der Waals surface area contributed by atoms with Crippen molar-refractivity contribution in [2.24, 2.45) is 5.92 Å². The van der Waals surface area contributed by atoms with Crippen LogP contribution in [0.2, 0.25) is 0 Å². The van der Waals surface area contributed by atoms with Gasteiger partial charge in [0.1, 0.15) is 5.75 Å². The van der Waals surface area contributed by atoms with Gasteiger partial charge in [-0.1, -0.05) is 18.2 Å². The summed E-state index contributed by atoms with van der Waals surface area (Å²) in [5.41, 5.74) is 5.28. The molecule has 2 aromatic heterocycles. The molecule has 0 radical (unpaired) electrons. The largest absolute Gasteiger partial charge is 0.491 e. The van der Waals surface area contributed by atoms with Crippen LogP contribution < -0.4 is 15.4 Å². The molecule has 4 bridgehead atoms. The summed E-state index contributed by atoms with van der Waals surface area (Å²) in [6, 6.07) is 12.0. The molecule has 6 rings (SSSR count). The lowest BCUT2D eigenvalue weighted by Crippen LogP contribution is -2.35. The van der Waals surface area contributed by atoms with Crippen LogP contribution >= 0.6 is 0 Å². The number of aromatic amines is 1. The van der Waals surface area contributed by atoms with Gasteiger partial charge >= 0.3 is 0 Å². The van der Waals surface area contributed by atoms with Gasteiger partial charge in [-0.15, -0.1) is 0 Å². The van der Waals surface area contributed by atoms with Gasteiger partial charge in [-0.25, -0.2) is 0 Å². The maximum absolute atomic E-state index is 13.1. The second-order valence-electron chi connectivity index (χ2n) is 9.34. The third kappa shape index (κ3) is 3.86. The van der Waals surface area contributed by atoms with Gasteiger partial charge < -0.3 is 25.3 Å². The molecule has 0 aliphatic carbocycles. The number of carbonyl (C=O) groups excluding carboxylic acids is 1. The minimum Gasteiger partial charge on any atom is -0.491 e. The number of ether oxygens (including phenoxy) is 1. The molecule has 3 aliphatic heterocycles. The topological polar surface area (TPSA) is 82.3 Å². The second kappa shape index (κ2) is 8.56. The maximum Gasteiger partial charge on any atom is 0.255 e. The Kier molecular flexibility index (Phi) is 5.26. The van der Waals surface area contributed by atoms with Crippen molar-refractivity contribution in [2.75, 3.05) is 38.1 Å². The van der Waals surface area contributed by atoms with Crippen molar-refractivity contribution < 1.29 is 9.53 Å². The number of carbonyl (C=O) groups is 1. The number of pyridine rings is 1. The predicted molar refractivity (Wildman–Crippen MR) is 128 cm³/mol. The van der Waals surface area contributed by atoms with E-state index in [0.717, 1.165) is 66.6 Å². The van der Waals surface area contributed by atoms with Crippen molar-refractivity contribution in [2.45, 2.75) is 25.2 Å². The summed E-state index contributed by atoms with van der Waals surface area (Å²) in [5, 5.41) is 6.67. The SMILES string of the molecule is O=C1NC[C@@H]2CCCN3CC[C@@H](COc4cnccc4-c4[nH]c2c1c4Nc1ccccc1)C3. The van der Waals surface area contributed by atoms with Gasteiger partial charge in [-0.2, -0.15) is 0 Å². The fourth-order valence-electron chi connectivity index (χ4n) is 5.43. The molecule has 1 fully saturated rings. The van der Waals surface area contributed by atoms with Gasteiger partial charge in [-0.3, -0.25) is 9.78 Å². The van der Waals surface area contributed by atoms with Crippen molar-refractivity contribution in [3.8, 4) is 17.0 Å². The van der Waals surface area contributed by atoms with E-state index in [4.69, 9.17) is 4.74 Å². The monoisotopic (exact) mass is 443 g/mol. The van der Waals surface area contributed by atoms with E-state index < -0.39 is 0 Å². The number of hydrogen-bond acceptors (Lipinski definition) is 5. The van der Waals surface area contributed by atoms with Crippen LogP contribution in [0.15, 0.2) is 48.8 Å². The van der Waals surface area contributed by atoms with Crippen molar-refractivity contribution in [1.82, 2.24) is 20.2 Å². The molecule has 1 amide bonds. The summed E-state index contributed by atoms with van der Waals surface area (Å²) in [6.07, 6.45) is 6.90. The van der Waals surface area contributed by atoms with Crippen LogP contribution in [0, 0.1) is 5.92 Å². The molecule has 5 heterocycles. The van der Waals surface area contributed by atoms with Crippen LogP contribution in [-0.2, 0) is 0 Å². The van der Waals surface area contributed by atoms with E-state index in [1.54, 1.807) is 12.4 Å². The van der Waals surface area contributed by atoms with Crippen LogP contribution in [-0.4, -0.2) is 53.6 Å². The number of nitrogens with zero attached hydrogens (tertiary/aromatic N) is 2. The van der Waals surface area contributed by atoms with Crippen molar-refractivity contribution in [1.29, 1.82) is 0 Å². The van der Waals surface area contributed by atoms with Crippen molar-refractivity contribution in [3.05, 3.63) is 60.0 Å². The van der Waals surface area contributed by atoms with E-state index in [1.807, 2.05) is 36.4 Å². The molecular formula is C26H29N5O2. The van der Waals surface area contributed by atoms with Gasteiger partial charge in [0.05, 0.1) is 29.7 Å².